The molecule has 0 spiro atoms. The van der Waals surface area contributed by atoms with Crippen LogP contribution in [-0.4, -0.2) is 22.7 Å². The van der Waals surface area contributed by atoms with Gasteiger partial charge >= 0.3 is 0 Å². The Bertz CT molecular complexity index is 2340. The van der Waals surface area contributed by atoms with Crippen LogP contribution in [0.25, 0.3) is 45.2 Å². The number of rotatable bonds is 5. The third kappa shape index (κ3) is 5.06. The summed E-state index contributed by atoms with van der Waals surface area (Å²) in [4.78, 5) is 5.42. The number of hydrogen-bond donors (Lipinski definition) is 2. The molecule has 5 nitrogen and oxygen atoms in total. The van der Waals surface area contributed by atoms with Gasteiger partial charge in [-0.3, -0.25) is 5.32 Å². The quantitative estimate of drug-likeness (QED) is 0.186. The lowest BCUT2D eigenvalue weighted by atomic mass is 9.91. The van der Waals surface area contributed by atoms with Crippen molar-refractivity contribution in [3.63, 3.8) is 0 Å². The van der Waals surface area contributed by atoms with Crippen molar-refractivity contribution in [3.05, 3.63) is 142 Å². The Morgan fingerprint density at radius 2 is 1.60 bits per heavy atom. The van der Waals surface area contributed by atoms with Crippen molar-refractivity contribution < 1.29 is 4.42 Å². The van der Waals surface area contributed by atoms with E-state index in [9.17, 15) is 0 Å². The molecule has 2 N–H and O–H groups in total. The van der Waals surface area contributed by atoms with Gasteiger partial charge in [-0.25, -0.2) is 4.99 Å². The molecule has 0 fully saturated rings. The number of nitrogens with zero attached hydrogens (tertiary/aromatic N) is 2. The molecule has 0 radical (unpaired) electrons. The van der Waals surface area contributed by atoms with E-state index in [-0.39, 0.29) is 12.3 Å². The van der Waals surface area contributed by atoms with E-state index in [0.717, 1.165) is 83.8 Å². The summed E-state index contributed by atoms with van der Waals surface area (Å²) in [6.07, 6.45) is 28.8. The van der Waals surface area contributed by atoms with Crippen molar-refractivity contribution in [2.24, 2.45) is 4.99 Å². The van der Waals surface area contributed by atoms with Crippen molar-refractivity contribution in [1.29, 1.82) is 0 Å². The summed E-state index contributed by atoms with van der Waals surface area (Å²) in [6.45, 7) is 0. The molecule has 5 aliphatic rings. The second-order valence-corrected chi connectivity index (χ2v) is 14.4. The molecule has 4 aliphatic carbocycles. The molecular formula is C45H42N4O. The van der Waals surface area contributed by atoms with E-state index in [4.69, 9.17) is 9.41 Å². The Morgan fingerprint density at radius 1 is 0.760 bits per heavy atom. The fourth-order valence-electron chi connectivity index (χ4n) is 8.99. The number of nitrogens with one attached hydrogen (secondary N) is 2. The van der Waals surface area contributed by atoms with Crippen molar-refractivity contribution >= 4 is 39.9 Å². The highest BCUT2D eigenvalue weighted by Crippen LogP contribution is 2.40. The third-order valence-electron chi connectivity index (χ3n) is 11.4. The van der Waals surface area contributed by atoms with Gasteiger partial charge in [0, 0.05) is 27.7 Å². The number of para-hydroxylation sites is 1. The van der Waals surface area contributed by atoms with Gasteiger partial charge < -0.3 is 14.3 Å². The van der Waals surface area contributed by atoms with Crippen molar-refractivity contribution in [1.82, 2.24) is 15.2 Å². The SMILES string of the molecule is C1=CCCC(C2N=C(c3ccccc3-c3ccc4oc5ccccc5c4c3)NC(C3=CC(n4c5c(c6c4CCC=C6)CCC=C5)CCC3)N2)=C1. The summed E-state index contributed by atoms with van der Waals surface area (Å²) < 4.78 is 8.88. The van der Waals surface area contributed by atoms with Gasteiger partial charge in [-0.15, -0.1) is 0 Å². The maximum Gasteiger partial charge on any atom is 0.135 e. The Kier molecular flexibility index (Phi) is 7.34. The van der Waals surface area contributed by atoms with E-state index < -0.39 is 0 Å². The van der Waals surface area contributed by atoms with Crippen LogP contribution in [0.5, 0.6) is 0 Å². The minimum absolute atomic E-state index is 0.00638. The number of amidine groups is 1. The number of aliphatic imine (C=N–C) groups is 1. The molecule has 0 bridgehead atoms. The van der Waals surface area contributed by atoms with E-state index in [1.54, 1.807) is 5.56 Å². The highest BCUT2D eigenvalue weighted by Gasteiger charge is 2.32. The fraction of sp³-hybridized carbons (Fsp3) is 0.267. The normalized spacial score (nSPS) is 22.9. The van der Waals surface area contributed by atoms with Crippen LogP contribution in [-0.2, 0) is 12.8 Å². The lowest BCUT2D eigenvalue weighted by molar-refractivity contribution is 0.415. The lowest BCUT2D eigenvalue weighted by Gasteiger charge is -2.37. The topological polar surface area (TPSA) is 54.5 Å². The van der Waals surface area contributed by atoms with Crippen molar-refractivity contribution in [2.45, 2.75) is 76.2 Å². The number of fused-ring (bicyclic) bond motifs is 6. The molecule has 5 heteroatoms. The molecule has 3 unspecified atom stereocenters. The van der Waals surface area contributed by atoms with Gasteiger partial charge in [-0.05, 0) is 115 Å². The van der Waals surface area contributed by atoms with Crippen molar-refractivity contribution in [3.8, 4) is 11.1 Å². The predicted molar refractivity (Wildman–Crippen MR) is 206 cm³/mol. The van der Waals surface area contributed by atoms with Gasteiger partial charge in [0.15, 0.2) is 0 Å². The Labute approximate surface area is 293 Å². The fourth-order valence-corrected chi connectivity index (χ4v) is 8.99. The maximum absolute atomic E-state index is 6.18. The summed E-state index contributed by atoms with van der Waals surface area (Å²) in [6, 6.07) is 24.0. The van der Waals surface area contributed by atoms with Crippen LogP contribution in [0.15, 0.2) is 124 Å². The zero-order valence-electron chi connectivity index (χ0n) is 28.4. The summed E-state index contributed by atoms with van der Waals surface area (Å²) >= 11 is 0. The molecule has 0 saturated carbocycles. The van der Waals surface area contributed by atoms with Crippen LogP contribution < -0.4 is 10.6 Å². The second kappa shape index (κ2) is 12.3. The van der Waals surface area contributed by atoms with Crippen molar-refractivity contribution in [2.75, 3.05) is 0 Å². The largest absolute Gasteiger partial charge is 0.456 e. The molecule has 0 amide bonds. The van der Waals surface area contributed by atoms with E-state index in [1.807, 2.05) is 12.1 Å². The maximum atomic E-state index is 6.18. The van der Waals surface area contributed by atoms with Crippen LogP contribution in [0.2, 0.25) is 0 Å². The first-order valence-electron chi connectivity index (χ1n) is 18.6. The summed E-state index contributed by atoms with van der Waals surface area (Å²) in [7, 11) is 0. The zero-order chi connectivity index (χ0) is 33.0. The highest BCUT2D eigenvalue weighted by atomic mass is 16.3. The number of benzene rings is 3. The monoisotopic (exact) mass is 654 g/mol. The van der Waals surface area contributed by atoms with Gasteiger partial charge in [0.2, 0.25) is 0 Å². The van der Waals surface area contributed by atoms with E-state index in [0.29, 0.717) is 6.04 Å². The van der Waals surface area contributed by atoms with Crippen LogP contribution >= 0.6 is 0 Å². The third-order valence-corrected chi connectivity index (χ3v) is 11.4. The number of hydrogen-bond acceptors (Lipinski definition) is 4. The predicted octanol–water partition coefficient (Wildman–Crippen LogP) is 10.2. The highest BCUT2D eigenvalue weighted by molar-refractivity contribution is 6.09. The van der Waals surface area contributed by atoms with Gasteiger partial charge in [0.1, 0.15) is 29.3 Å². The van der Waals surface area contributed by atoms with Crippen LogP contribution in [0, 0.1) is 0 Å². The zero-order valence-corrected chi connectivity index (χ0v) is 28.4. The molecule has 5 aromatic rings. The molecule has 10 rings (SSSR count). The molecule has 3 heterocycles. The molecule has 3 atom stereocenters. The summed E-state index contributed by atoms with van der Waals surface area (Å²) in [5, 5.41) is 10.2. The van der Waals surface area contributed by atoms with E-state index in [1.165, 1.54) is 46.5 Å². The standard InChI is InChI=1S/C45H42N4O/c1-2-13-29(14-3-1)43-46-44(31-15-12-16-32(27-31)49-39-22-9-6-18-34(39)35-19-7-10-23-40(35)49)48-45(47-43)37-21-5-4-17-33(37)30-25-26-42-38(28-30)36-20-8-11-24-41(36)50-42/h1-2,4-6,8,10-11,13,17-18,20-21,23-28,32,43-44,46H,3,7,9,12,14-16,19,22H2,(H,47,48). The van der Waals surface area contributed by atoms with Gasteiger partial charge in [0.25, 0.3) is 0 Å². The first-order chi connectivity index (χ1) is 24.8. The van der Waals surface area contributed by atoms with Crippen LogP contribution in [0.4, 0.5) is 0 Å². The van der Waals surface area contributed by atoms with Crippen LogP contribution in [0.3, 0.4) is 0 Å². The Morgan fingerprint density at radius 3 is 2.54 bits per heavy atom. The summed E-state index contributed by atoms with van der Waals surface area (Å²) in [5.74, 6) is 0.953. The summed E-state index contributed by atoms with van der Waals surface area (Å²) in [5.41, 5.74) is 14.1. The molecule has 3 aromatic carbocycles. The molecule has 2 aromatic heterocycles. The van der Waals surface area contributed by atoms with Gasteiger partial charge in [-0.1, -0.05) is 91.1 Å². The minimum Gasteiger partial charge on any atom is -0.456 e. The number of furan rings is 1. The molecular weight excluding hydrogens is 613 g/mol. The second-order valence-electron chi connectivity index (χ2n) is 14.4. The lowest BCUT2D eigenvalue weighted by Crippen LogP contribution is -2.56. The smallest absolute Gasteiger partial charge is 0.135 e. The minimum atomic E-state index is -0.0870. The average molecular weight is 655 g/mol. The Balaban J connectivity index is 1.05. The molecule has 248 valence electrons. The van der Waals surface area contributed by atoms with Crippen LogP contribution in [0.1, 0.15) is 79.1 Å². The molecule has 50 heavy (non-hydrogen) atoms. The van der Waals surface area contributed by atoms with Gasteiger partial charge in [0.05, 0.1) is 6.04 Å². The number of aromatic nitrogens is 1. The first-order valence-corrected chi connectivity index (χ1v) is 18.6. The Hall–Kier alpha value is -5.13. The molecule has 0 saturated heterocycles. The van der Waals surface area contributed by atoms with E-state index >= 15 is 0 Å². The molecule has 1 aliphatic heterocycles. The number of allylic oxidation sites excluding steroid dienone is 6. The van der Waals surface area contributed by atoms with Gasteiger partial charge in [-0.2, -0.15) is 0 Å². The van der Waals surface area contributed by atoms with E-state index in [2.05, 4.69) is 118 Å². The average Bonchev–Trinajstić information content (AvgIpc) is 3.74. The first kappa shape index (κ1) is 29.8.